The number of anilines is 1. The molecule has 0 bridgehead atoms. The molecular weight excluding hydrogens is 414 g/mol. The Kier molecular flexibility index (Phi) is 8.31. The molecule has 2 aromatic rings. The SMILES string of the molecule is CCCN1CCc2c(sc(NC(=O)COc3ccc(OC)cc3)c2C(N)=O)C1.Cl. The van der Waals surface area contributed by atoms with Crippen LogP contribution in [0.2, 0.25) is 0 Å². The molecule has 1 aromatic heterocycles. The van der Waals surface area contributed by atoms with Crippen molar-refractivity contribution in [3.05, 3.63) is 40.3 Å². The van der Waals surface area contributed by atoms with E-state index in [0.29, 0.717) is 22.1 Å². The van der Waals surface area contributed by atoms with Crippen molar-refractivity contribution in [1.29, 1.82) is 0 Å². The number of amides is 2. The predicted molar refractivity (Wildman–Crippen MR) is 116 cm³/mol. The molecule has 2 heterocycles. The first-order chi connectivity index (χ1) is 13.5. The van der Waals surface area contributed by atoms with Gasteiger partial charge in [0.1, 0.15) is 16.5 Å². The Hall–Kier alpha value is -2.29. The first kappa shape index (κ1) is 23.0. The Morgan fingerprint density at radius 3 is 2.55 bits per heavy atom. The van der Waals surface area contributed by atoms with Crippen LogP contribution in [0.4, 0.5) is 5.00 Å². The van der Waals surface area contributed by atoms with Crippen LogP contribution in [0.5, 0.6) is 11.5 Å². The molecule has 0 atom stereocenters. The average Bonchev–Trinajstić information content (AvgIpc) is 3.04. The van der Waals surface area contributed by atoms with Gasteiger partial charge in [0.05, 0.1) is 12.7 Å². The van der Waals surface area contributed by atoms with E-state index in [1.54, 1.807) is 31.4 Å². The summed E-state index contributed by atoms with van der Waals surface area (Å²) in [6.07, 6.45) is 1.85. The van der Waals surface area contributed by atoms with Crippen molar-refractivity contribution in [2.45, 2.75) is 26.3 Å². The molecule has 3 N–H and O–H groups in total. The summed E-state index contributed by atoms with van der Waals surface area (Å²) < 4.78 is 10.6. The maximum atomic E-state index is 12.3. The smallest absolute Gasteiger partial charge is 0.262 e. The summed E-state index contributed by atoms with van der Waals surface area (Å²) in [4.78, 5) is 27.8. The minimum absolute atomic E-state index is 0. The van der Waals surface area contributed by atoms with Crippen molar-refractivity contribution in [2.75, 3.05) is 32.1 Å². The second-order valence-corrected chi connectivity index (χ2v) is 7.72. The molecule has 0 radical (unpaired) electrons. The van der Waals surface area contributed by atoms with Crippen molar-refractivity contribution in [3.63, 3.8) is 0 Å². The number of ether oxygens (including phenoxy) is 2. The van der Waals surface area contributed by atoms with Crippen molar-refractivity contribution in [1.82, 2.24) is 4.90 Å². The Labute approximate surface area is 180 Å². The second kappa shape index (κ2) is 10.5. The largest absolute Gasteiger partial charge is 0.497 e. The van der Waals surface area contributed by atoms with E-state index in [-0.39, 0.29) is 24.9 Å². The van der Waals surface area contributed by atoms with Crippen LogP contribution in [0.15, 0.2) is 24.3 Å². The number of carbonyl (C=O) groups excluding carboxylic acids is 2. The summed E-state index contributed by atoms with van der Waals surface area (Å²) in [7, 11) is 1.59. The Bertz CT molecular complexity index is 854. The number of hydrogen-bond acceptors (Lipinski definition) is 6. The summed E-state index contributed by atoms with van der Waals surface area (Å²) in [6, 6.07) is 6.97. The van der Waals surface area contributed by atoms with E-state index in [4.69, 9.17) is 15.2 Å². The number of benzene rings is 1. The van der Waals surface area contributed by atoms with Crippen LogP contribution in [0, 0.1) is 0 Å². The molecule has 29 heavy (non-hydrogen) atoms. The molecule has 0 spiro atoms. The summed E-state index contributed by atoms with van der Waals surface area (Å²) in [6.45, 7) is 4.68. The van der Waals surface area contributed by atoms with Crippen LogP contribution in [0.25, 0.3) is 0 Å². The van der Waals surface area contributed by atoms with E-state index in [2.05, 4.69) is 17.1 Å². The number of carbonyl (C=O) groups is 2. The maximum Gasteiger partial charge on any atom is 0.262 e. The third kappa shape index (κ3) is 5.62. The fourth-order valence-corrected chi connectivity index (χ4v) is 4.61. The van der Waals surface area contributed by atoms with Crippen molar-refractivity contribution >= 4 is 40.6 Å². The van der Waals surface area contributed by atoms with E-state index in [0.717, 1.165) is 42.9 Å². The number of rotatable bonds is 8. The number of nitrogens with two attached hydrogens (primary N) is 1. The number of fused-ring (bicyclic) bond motifs is 1. The lowest BCUT2D eigenvalue weighted by Gasteiger charge is -2.26. The highest BCUT2D eigenvalue weighted by molar-refractivity contribution is 7.17. The Morgan fingerprint density at radius 1 is 1.24 bits per heavy atom. The molecule has 0 saturated carbocycles. The molecule has 2 amide bonds. The van der Waals surface area contributed by atoms with Gasteiger partial charge in [-0.3, -0.25) is 14.5 Å². The number of hydrogen-bond donors (Lipinski definition) is 2. The normalized spacial score (nSPS) is 13.2. The molecule has 3 rings (SSSR count). The van der Waals surface area contributed by atoms with Gasteiger partial charge in [0, 0.05) is 18.0 Å². The summed E-state index contributed by atoms with van der Waals surface area (Å²) in [5.74, 6) is 0.436. The molecular formula is C20H26ClN3O4S. The molecule has 7 nitrogen and oxygen atoms in total. The van der Waals surface area contributed by atoms with Crippen molar-refractivity contribution in [2.24, 2.45) is 5.73 Å². The minimum Gasteiger partial charge on any atom is -0.497 e. The van der Waals surface area contributed by atoms with Gasteiger partial charge in [0.2, 0.25) is 0 Å². The van der Waals surface area contributed by atoms with Crippen LogP contribution in [0.1, 0.15) is 34.1 Å². The zero-order chi connectivity index (χ0) is 20.1. The number of methoxy groups -OCH3 is 1. The van der Waals surface area contributed by atoms with Gasteiger partial charge in [-0.05, 0) is 49.2 Å². The fourth-order valence-electron chi connectivity index (χ4n) is 3.30. The zero-order valence-electron chi connectivity index (χ0n) is 16.5. The molecule has 0 saturated heterocycles. The number of halogens is 1. The first-order valence-electron chi connectivity index (χ1n) is 9.25. The zero-order valence-corrected chi connectivity index (χ0v) is 18.2. The lowest BCUT2D eigenvalue weighted by molar-refractivity contribution is -0.118. The van der Waals surface area contributed by atoms with Crippen LogP contribution in [-0.4, -0.2) is 43.5 Å². The van der Waals surface area contributed by atoms with E-state index in [1.807, 2.05) is 0 Å². The molecule has 0 aliphatic carbocycles. The number of nitrogens with zero attached hydrogens (tertiary/aromatic N) is 1. The van der Waals surface area contributed by atoms with Gasteiger partial charge in [-0.1, -0.05) is 6.92 Å². The van der Waals surface area contributed by atoms with Crippen LogP contribution in [-0.2, 0) is 17.8 Å². The van der Waals surface area contributed by atoms with E-state index in [1.165, 1.54) is 11.3 Å². The van der Waals surface area contributed by atoms with Crippen LogP contribution in [0.3, 0.4) is 0 Å². The fraction of sp³-hybridized carbons (Fsp3) is 0.400. The highest BCUT2D eigenvalue weighted by Gasteiger charge is 2.27. The van der Waals surface area contributed by atoms with Gasteiger partial charge in [0.25, 0.3) is 11.8 Å². The maximum absolute atomic E-state index is 12.3. The van der Waals surface area contributed by atoms with Gasteiger partial charge >= 0.3 is 0 Å². The van der Waals surface area contributed by atoms with Gasteiger partial charge in [-0.15, -0.1) is 23.7 Å². The van der Waals surface area contributed by atoms with Gasteiger partial charge in [0.15, 0.2) is 6.61 Å². The lowest BCUT2D eigenvalue weighted by atomic mass is 10.0. The quantitative estimate of drug-likeness (QED) is 0.659. The first-order valence-corrected chi connectivity index (χ1v) is 10.1. The topological polar surface area (TPSA) is 93.9 Å². The van der Waals surface area contributed by atoms with E-state index in [9.17, 15) is 9.59 Å². The molecule has 1 aromatic carbocycles. The molecule has 9 heteroatoms. The molecule has 0 unspecified atom stereocenters. The molecule has 0 fully saturated rings. The average molecular weight is 440 g/mol. The standard InChI is InChI=1S/C20H25N3O4S.ClH/c1-3-9-23-10-8-15-16(11-23)28-20(18(15)19(21)25)22-17(24)12-27-14-6-4-13(26-2)5-7-14;/h4-7H,3,8-12H2,1-2H3,(H2,21,25)(H,22,24);1H. The lowest BCUT2D eigenvalue weighted by Crippen LogP contribution is -2.31. The molecule has 1 aliphatic rings. The predicted octanol–water partition coefficient (Wildman–Crippen LogP) is 3.06. The van der Waals surface area contributed by atoms with E-state index >= 15 is 0 Å². The van der Waals surface area contributed by atoms with E-state index < -0.39 is 5.91 Å². The van der Waals surface area contributed by atoms with Crippen LogP contribution < -0.4 is 20.5 Å². The van der Waals surface area contributed by atoms with Gasteiger partial charge < -0.3 is 20.5 Å². The summed E-state index contributed by atoms with van der Waals surface area (Å²) in [5, 5.41) is 3.31. The number of nitrogens with one attached hydrogen (secondary N) is 1. The highest BCUT2D eigenvalue weighted by atomic mass is 35.5. The highest BCUT2D eigenvalue weighted by Crippen LogP contribution is 2.37. The Morgan fingerprint density at radius 2 is 1.93 bits per heavy atom. The van der Waals surface area contributed by atoms with Gasteiger partial charge in [-0.2, -0.15) is 0 Å². The Balaban J connectivity index is 0.00000300. The number of primary amides is 1. The van der Waals surface area contributed by atoms with Crippen LogP contribution >= 0.6 is 23.7 Å². The van der Waals surface area contributed by atoms with Gasteiger partial charge in [-0.25, -0.2) is 0 Å². The minimum atomic E-state index is -0.507. The molecule has 1 aliphatic heterocycles. The number of thiophene rings is 1. The van der Waals surface area contributed by atoms with Crippen molar-refractivity contribution in [3.8, 4) is 11.5 Å². The summed E-state index contributed by atoms with van der Waals surface area (Å²) in [5.41, 5.74) is 7.01. The molecule has 158 valence electrons. The monoisotopic (exact) mass is 439 g/mol. The third-order valence-corrected chi connectivity index (χ3v) is 5.74. The van der Waals surface area contributed by atoms with Crippen molar-refractivity contribution < 1.29 is 19.1 Å². The summed E-state index contributed by atoms with van der Waals surface area (Å²) >= 11 is 1.43. The third-order valence-electron chi connectivity index (χ3n) is 4.60. The second-order valence-electron chi connectivity index (χ2n) is 6.61.